The molecule has 0 amide bonds. The Morgan fingerprint density at radius 2 is 2.27 bits per heavy atom. The van der Waals surface area contributed by atoms with E-state index in [0.29, 0.717) is 10.8 Å². The Kier molecular flexibility index (Phi) is 0.838. The lowest BCUT2D eigenvalue weighted by atomic mass is 9.74. The standard InChI is InChI=1S/C11H14/c1-10-8-9(10)4-7-11(10)5-2-3-6-11/h9H,2,4-5,7-8H2,1H3/t9?,10?,11-/m0/s1. The fourth-order valence-corrected chi connectivity index (χ4v) is 3.35. The van der Waals surface area contributed by atoms with E-state index in [2.05, 4.69) is 18.8 Å². The van der Waals surface area contributed by atoms with Crippen LogP contribution in [0.15, 0.2) is 0 Å². The Morgan fingerprint density at radius 3 is 2.73 bits per heavy atom. The summed E-state index contributed by atoms with van der Waals surface area (Å²) in [5.41, 5.74) is 1.16. The lowest BCUT2D eigenvalue weighted by molar-refractivity contribution is 0.248. The van der Waals surface area contributed by atoms with Gasteiger partial charge in [-0.2, -0.15) is 0 Å². The fraction of sp³-hybridized carbons (Fsp3) is 0.818. The van der Waals surface area contributed by atoms with E-state index in [-0.39, 0.29) is 0 Å². The van der Waals surface area contributed by atoms with Crippen molar-refractivity contribution in [1.82, 2.24) is 0 Å². The maximum atomic E-state index is 3.51. The van der Waals surface area contributed by atoms with Crippen LogP contribution in [-0.4, -0.2) is 0 Å². The van der Waals surface area contributed by atoms with E-state index in [1.54, 1.807) is 0 Å². The number of hydrogen-bond donors (Lipinski definition) is 0. The van der Waals surface area contributed by atoms with Gasteiger partial charge in [-0.3, -0.25) is 0 Å². The highest BCUT2D eigenvalue weighted by atomic mass is 14.7. The lowest BCUT2D eigenvalue weighted by Crippen LogP contribution is -2.23. The van der Waals surface area contributed by atoms with Gasteiger partial charge in [0, 0.05) is 11.8 Å². The van der Waals surface area contributed by atoms with Crippen LogP contribution >= 0.6 is 0 Å². The Morgan fingerprint density at radius 1 is 1.36 bits per heavy atom. The van der Waals surface area contributed by atoms with Crippen LogP contribution in [0.2, 0.25) is 0 Å². The first kappa shape index (κ1) is 6.12. The zero-order chi connectivity index (χ0) is 7.53. The van der Waals surface area contributed by atoms with Gasteiger partial charge in [0.2, 0.25) is 0 Å². The lowest BCUT2D eigenvalue weighted by Gasteiger charge is -2.28. The highest BCUT2D eigenvalue weighted by Crippen LogP contribution is 2.73. The molecule has 11 heavy (non-hydrogen) atoms. The molecular formula is C11H14. The minimum absolute atomic E-state index is 0.498. The first-order valence-corrected chi connectivity index (χ1v) is 4.77. The van der Waals surface area contributed by atoms with Gasteiger partial charge < -0.3 is 0 Å². The third-order valence-electron chi connectivity index (χ3n) is 4.43. The zero-order valence-electron chi connectivity index (χ0n) is 7.11. The maximum Gasteiger partial charge on any atom is 0.0380 e. The number of fused-ring (bicyclic) bond motifs is 2. The summed E-state index contributed by atoms with van der Waals surface area (Å²) in [5.74, 6) is 7.85. The van der Waals surface area contributed by atoms with Crippen LogP contribution < -0.4 is 0 Å². The van der Waals surface area contributed by atoms with Crippen LogP contribution in [0.1, 0.15) is 39.0 Å². The quantitative estimate of drug-likeness (QED) is 0.461. The summed E-state index contributed by atoms with van der Waals surface area (Å²) in [7, 11) is 0. The molecule has 0 aliphatic heterocycles. The van der Waals surface area contributed by atoms with Crippen molar-refractivity contribution < 1.29 is 0 Å². The van der Waals surface area contributed by atoms with E-state index >= 15 is 0 Å². The first-order chi connectivity index (χ1) is 5.27. The van der Waals surface area contributed by atoms with Crippen LogP contribution in [0.25, 0.3) is 0 Å². The maximum absolute atomic E-state index is 3.51. The van der Waals surface area contributed by atoms with E-state index in [0.717, 1.165) is 5.92 Å². The molecule has 2 unspecified atom stereocenters. The smallest absolute Gasteiger partial charge is 0.0380 e. The minimum Gasteiger partial charge on any atom is -0.103 e. The average molecular weight is 146 g/mol. The van der Waals surface area contributed by atoms with Gasteiger partial charge in [-0.1, -0.05) is 12.8 Å². The molecule has 3 rings (SSSR count). The van der Waals surface area contributed by atoms with Crippen molar-refractivity contribution in [2.45, 2.75) is 39.0 Å². The molecule has 0 aromatic carbocycles. The summed E-state index contributed by atoms with van der Waals surface area (Å²) in [6.07, 6.45) is 6.86. The highest BCUT2D eigenvalue weighted by Gasteiger charge is 2.66. The Balaban J connectivity index is 2.05. The SMILES string of the molecule is CC12CC1CC[C@]21C#CCC1. The normalized spacial score (nSPS) is 57.4. The third-order valence-corrected chi connectivity index (χ3v) is 4.43. The number of rotatable bonds is 0. The Hall–Kier alpha value is -0.440. The molecule has 0 aromatic heterocycles. The van der Waals surface area contributed by atoms with Gasteiger partial charge in [-0.05, 0) is 37.0 Å². The summed E-state index contributed by atoms with van der Waals surface area (Å²) in [5, 5.41) is 0. The van der Waals surface area contributed by atoms with E-state index in [1.165, 1.54) is 32.1 Å². The monoisotopic (exact) mass is 146 g/mol. The molecule has 0 heterocycles. The van der Waals surface area contributed by atoms with Gasteiger partial charge in [-0.15, -0.1) is 5.92 Å². The second-order valence-electron chi connectivity index (χ2n) is 4.74. The largest absolute Gasteiger partial charge is 0.103 e. The molecule has 0 aromatic rings. The van der Waals surface area contributed by atoms with Gasteiger partial charge in [0.25, 0.3) is 0 Å². The van der Waals surface area contributed by atoms with Crippen molar-refractivity contribution in [2.75, 3.05) is 0 Å². The molecule has 0 radical (unpaired) electrons. The molecule has 2 fully saturated rings. The van der Waals surface area contributed by atoms with Crippen LogP contribution in [0.4, 0.5) is 0 Å². The summed E-state index contributed by atoms with van der Waals surface area (Å²) >= 11 is 0. The molecule has 3 aliphatic carbocycles. The van der Waals surface area contributed by atoms with Crippen molar-refractivity contribution in [2.24, 2.45) is 16.7 Å². The van der Waals surface area contributed by atoms with Gasteiger partial charge in [0.1, 0.15) is 0 Å². The first-order valence-electron chi connectivity index (χ1n) is 4.77. The van der Waals surface area contributed by atoms with Crippen LogP contribution in [-0.2, 0) is 0 Å². The predicted molar refractivity (Wildman–Crippen MR) is 44.9 cm³/mol. The zero-order valence-corrected chi connectivity index (χ0v) is 7.11. The summed E-state index contributed by atoms with van der Waals surface area (Å²) in [4.78, 5) is 0. The second kappa shape index (κ2) is 1.51. The molecule has 1 spiro atoms. The molecule has 0 bridgehead atoms. The van der Waals surface area contributed by atoms with Crippen molar-refractivity contribution in [3.63, 3.8) is 0 Å². The minimum atomic E-state index is 0.498. The van der Waals surface area contributed by atoms with E-state index < -0.39 is 0 Å². The second-order valence-corrected chi connectivity index (χ2v) is 4.74. The van der Waals surface area contributed by atoms with Gasteiger partial charge in [0.05, 0.1) is 0 Å². The van der Waals surface area contributed by atoms with E-state index in [4.69, 9.17) is 0 Å². The van der Waals surface area contributed by atoms with Gasteiger partial charge in [-0.25, -0.2) is 0 Å². The summed E-state index contributed by atoms with van der Waals surface area (Å²) in [6, 6.07) is 0. The van der Waals surface area contributed by atoms with Crippen LogP contribution in [0, 0.1) is 28.6 Å². The van der Waals surface area contributed by atoms with E-state index in [9.17, 15) is 0 Å². The molecule has 0 saturated heterocycles. The highest BCUT2D eigenvalue weighted by molar-refractivity contribution is 5.31. The molecule has 3 aliphatic rings. The molecule has 0 N–H and O–H groups in total. The van der Waals surface area contributed by atoms with Gasteiger partial charge in [0.15, 0.2) is 0 Å². The van der Waals surface area contributed by atoms with Crippen LogP contribution in [0.5, 0.6) is 0 Å². The average Bonchev–Trinajstić information content (AvgIpc) is 2.47. The Labute approximate surface area is 68.4 Å². The van der Waals surface area contributed by atoms with Crippen molar-refractivity contribution in [1.29, 1.82) is 0 Å². The summed E-state index contributed by atoms with van der Waals surface area (Å²) < 4.78 is 0. The molecular weight excluding hydrogens is 132 g/mol. The van der Waals surface area contributed by atoms with Crippen LogP contribution in [0.3, 0.4) is 0 Å². The number of hydrogen-bond acceptors (Lipinski definition) is 0. The Bertz CT molecular complexity index is 265. The fourth-order valence-electron chi connectivity index (χ4n) is 3.35. The third kappa shape index (κ3) is 0.515. The van der Waals surface area contributed by atoms with E-state index in [1.807, 2.05) is 0 Å². The van der Waals surface area contributed by atoms with Gasteiger partial charge >= 0.3 is 0 Å². The summed E-state index contributed by atoms with van der Waals surface area (Å²) in [6.45, 7) is 2.46. The molecule has 0 heteroatoms. The molecule has 0 nitrogen and oxygen atoms in total. The molecule has 3 atom stereocenters. The topological polar surface area (TPSA) is 0 Å². The van der Waals surface area contributed by atoms with Crippen molar-refractivity contribution >= 4 is 0 Å². The van der Waals surface area contributed by atoms with Crippen molar-refractivity contribution in [3.05, 3.63) is 0 Å². The molecule has 2 saturated carbocycles. The predicted octanol–water partition coefficient (Wildman–Crippen LogP) is 2.59. The van der Waals surface area contributed by atoms with Crippen molar-refractivity contribution in [3.8, 4) is 11.8 Å². The molecule has 58 valence electrons.